The minimum atomic E-state index is -0.644. The van der Waals surface area contributed by atoms with Crippen LogP contribution in [0.3, 0.4) is 0 Å². The number of likely N-dealkylation sites (N-methyl/N-ethyl adjacent to an activating group) is 1. The molecule has 0 unspecified atom stereocenters. The number of rotatable bonds is 7. The third-order valence-corrected chi connectivity index (χ3v) is 3.73. The van der Waals surface area contributed by atoms with E-state index in [1.165, 1.54) is 0 Å². The number of tetrazole rings is 1. The van der Waals surface area contributed by atoms with Crippen molar-refractivity contribution in [1.29, 1.82) is 0 Å². The Hall–Kier alpha value is -1.05. The number of aromatic nitrogens is 4. The summed E-state index contributed by atoms with van der Waals surface area (Å²) in [6.07, 6.45) is 3.58. The topological polar surface area (TPSA) is 76.3 Å². The van der Waals surface area contributed by atoms with E-state index >= 15 is 0 Å². The van der Waals surface area contributed by atoms with E-state index in [9.17, 15) is 5.11 Å². The van der Waals surface area contributed by atoms with Crippen molar-refractivity contribution in [2.75, 3.05) is 26.8 Å². The number of nitrogens with zero attached hydrogens (tertiary/aromatic N) is 5. The summed E-state index contributed by atoms with van der Waals surface area (Å²) in [7, 11) is 1.99. The van der Waals surface area contributed by atoms with Crippen molar-refractivity contribution in [3.05, 3.63) is 5.82 Å². The Labute approximate surface area is 119 Å². The fourth-order valence-electron chi connectivity index (χ4n) is 2.53. The number of aryl methyl sites for hydroxylation is 1. The molecule has 0 atom stereocenters. The molecule has 0 aromatic carbocycles. The molecule has 2 rings (SSSR count). The molecule has 7 nitrogen and oxygen atoms in total. The Morgan fingerprint density at radius 2 is 2.15 bits per heavy atom. The van der Waals surface area contributed by atoms with Crippen molar-refractivity contribution >= 4 is 0 Å². The van der Waals surface area contributed by atoms with Crippen LogP contribution in [0.4, 0.5) is 0 Å². The molecule has 0 radical (unpaired) electrons. The van der Waals surface area contributed by atoms with Crippen molar-refractivity contribution in [3.8, 4) is 0 Å². The average Bonchev–Trinajstić information content (AvgIpc) is 2.83. The summed E-state index contributed by atoms with van der Waals surface area (Å²) >= 11 is 0. The zero-order chi connectivity index (χ0) is 14.4. The predicted molar refractivity (Wildman–Crippen MR) is 74.1 cm³/mol. The van der Waals surface area contributed by atoms with Crippen LogP contribution in [0.25, 0.3) is 0 Å². The SMILES string of the molecule is CCCCn1nnnc1CN(C)CC1(O)CCOCC1. The summed E-state index contributed by atoms with van der Waals surface area (Å²) in [4.78, 5) is 2.08. The van der Waals surface area contributed by atoms with Crippen LogP contribution >= 0.6 is 0 Å². The van der Waals surface area contributed by atoms with Gasteiger partial charge in [-0.05, 0) is 23.9 Å². The summed E-state index contributed by atoms with van der Waals surface area (Å²) in [5.41, 5.74) is -0.644. The van der Waals surface area contributed by atoms with Gasteiger partial charge in [-0.15, -0.1) is 5.10 Å². The van der Waals surface area contributed by atoms with Crippen molar-refractivity contribution in [2.45, 2.75) is 51.3 Å². The largest absolute Gasteiger partial charge is 0.388 e. The fraction of sp³-hybridized carbons (Fsp3) is 0.923. The van der Waals surface area contributed by atoms with E-state index in [1.807, 2.05) is 11.7 Å². The van der Waals surface area contributed by atoms with Crippen molar-refractivity contribution in [1.82, 2.24) is 25.1 Å². The van der Waals surface area contributed by atoms with Crippen LogP contribution in [0.5, 0.6) is 0 Å². The van der Waals surface area contributed by atoms with Crippen LogP contribution in [0.15, 0.2) is 0 Å². The molecule has 1 aromatic heterocycles. The molecule has 114 valence electrons. The first-order valence-corrected chi connectivity index (χ1v) is 7.37. The van der Waals surface area contributed by atoms with Gasteiger partial charge in [0.15, 0.2) is 5.82 Å². The molecular weight excluding hydrogens is 258 g/mol. The summed E-state index contributed by atoms with van der Waals surface area (Å²) in [5, 5.41) is 22.3. The monoisotopic (exact) mass is 283 g/mol. The first-order chi connectivity index (χ1) is 9.63. The van der Waals surface area contributed by atoms with Gasteiger partial charge < -0.3 is 9.84 Å². The first kappa shape index (κ1) is 15.3. The van der Waals surface area contributed by atoms with Gasteiger partial charge in [-0.2, -0.15) is 0 Å². The van der Waals surface area contributed by atoms with E-state index < -0.39 is 5.60 Å². The molecule has 1 aliphatic heterocycles. The van der Waals surface area contributed by atoms with Crippen LogP contribution in [0.1, 0.15) is 38.4 Å². The summed E-state index contributed by atoms with van der Waals surface area (Å²) in [5.74, 6) is 0.858. The second kappa shape index (κ2) is 7.10. The lowest BCUT2D eigenvalue weighted by Gasteiger charge is -2.35. The lowest BCUT2D eigenvalue weighted by atomic mass is 9.94. The Bertz CT molecular complexity index is 403. The fourth-order valence-corrected chi connectivity index (χ4v) is 2.53. The number of unbranched alkanes of at least 4 members (excludes halogenated alkanes) is 1. The molecule has 1 fully saturated rings. The summed E-state index contributed by atoms with van der Waals surface area (Å²) in [6.45, 7) is 5.55. The maximum atomic E-state index is 10.5. The zero-order valence-electron chi connectivity index (χ0n) is 12.5. The van der Waals surface area contributed by atoms with Crippen molar-refractivity contribution in [3.63, 3.8) is 0 Å². The third kappa shape index (κ3) is 4.22. The smallest absolute Gasteiger partial charge is 0.165 e. The Morgan fingerprint density at radius 3 is 2.85 bits per heavy atom. The minimum Gasteiger partial charge on any atom is -0.388 e. The van der Waals surface area contributed by atoms with E-state index in [0.29, 0.717) is 39.1 Å². The van der Waals surface area contributed by atoms with Gasteiger partial charge >= 0.3 is 0 Å². The molecule has 2 heterocycles. The van der Waals surface area contributed by atoms with E-state index in [1.54, 1.807) is 0 Å². The highest BCUT2D eigenvalue weighted by Crippen LogP contribution is 2.21. The molecule has 20 heavy (non-hydrogen) atoms. The highest BCUT2D eigenvalue weighted by molar-refractivity contribution is 4.87. The highest BCUT2D eigenvalue weighted by atomic mass is 16.5. The van der Waals surface area contributed by atoms with E-state index in [2.05, 4.69) is 27.3 Å². The van der Waals surface area contributed by atoms with E-state index in [0.717, 1.165) is 25.2 Å². The quantitative estimate of drug-likeness (QED) is 0.783. The van der Waals surface area contributed by atoms with Crippen molar-refractivity contribution in [2.24, 2.45) is 0 Å². The van der Waals surface area contributed by atoms with Crippen LogP contribution in [-0.4, -0.2) is 62.6 Å². The lowest BCUT2D eigenvalue weighted by molar-refractivity contribution is -0.0780. The highest BCUT2D eigenvalue weighted by Gasteiger charge is 2.31. The summed E-state index contributed by atoms with van der Waals surface area (Å²) < 4.78 is 7.16. The van der Waals surface area contributed by atoms with Gasteiger partial charge in [0.1, 0.15) is 0 Å². The molecule has 1 saturated heterocycles. The van der Waals surface area contributed by atoms with Gasteiger partial charge in [0, 0.05) is 39.1 Å². The Morgan fingerprint density at radius 1 is 1.40 bits per heavy atom. The molecule has 0 aliphatic carbocycles. The molecule has 1 aromatic rings. The maximum absolute atomic E-state index is 10.5. The van der Waals surface area contributed by atoms with Gasteiger partial charge in [0.25, 0.3) is 0 Å². The van der Waals surface area contributed by atoms with Gasteiger partial charge in [-0.1, -0.05) is 13.3 Å². The second-order valence-corrected chi connectivity index (χ2v) is 5.68. The average molecular weight is 283 g/mol. The van der Waals surface area contributed by atoms with Gasteiger partial charge in [-0.3, -0.25) is 4.90 Å². The third-order valence-electron chi connectivity index (χ3n) is 3.73. The van der Waals surface area contributed by atoms with Crippen LogP contribution in [0, 0.1) is 0 Å². The molecule has 0 spiro atoms. The summed E-state index contributed by atoms with van der Waals surface area (Å²) in [6, 6.07) is 0. The predicted octanol–water partition coefficient (Wildman–Crippen LogP) is 0.446. The molecule has 0 amide bonds. The Kier molecular flexibility index (Phi) is 5.45. The second-order valence-electron chi connectivity index (χ2n) is 5.68. The van der Waals surface area contributed by atoms with Crippen molar-refractivity contribution < 1.29 is 9.84 Å². The van der Waals surface area contributed by atoms with E-state index in [-0.39, 0.29) is 0 Å². The first-order valence-electron chi connectivity index (χ1n) is 7.37. The van der Waals surface area contributed by atoms with Crippen LogP contribution in [-0.2, 0) is 17.8 Å². The van der Waals surface area contributed by atoms with Gasteiger partial charge in [0.2, 0.25) is 0 Å². The Balaban J connectivity index is 1.87. The zero-order valence-corrected chi connectivity index (χ0v) is 12.5. The number of ether oxygens (including phenoxy) is 1. The van der Waals surface area contributed by atoms with Gasteiger partial charge in [0.05, 0.1) is 12.1 Å². The normalized spacial score (nSPS) is 18.6. The van der Waals surface area contributed by atoms with Crippen LogP contribution < -0.4 is 0 Å². The van der Waals surface area contributed by atoms with E-state index in [4.69, 9.17) is 4.74 Å². The van der Waals surface area contributed by atoms with Crippen LogP contribution in [0.2, 0.25) is 0 Å². The molecule has 1 N–H and O–H groups in total. The maximum Gasteiger partial charge on any atom is 0.165 e. The molecule has 0 saturated carbocycles. The molecular formula is C13H25N5O2. The standard InChI is InChI=1S/C13H25N5O2/c1-3-4-7-18-12(14-15-16-18)10-17(2)11-13(19)5-8-20-9-6-13/h19H,3-11H2,1-2H3. The number of hydrogen-bond donors (Lipinski definition) is 1. The minimum absolute atomic E-state index is 0.622. The lowest BCUT2D eigenvalue weighted by Crippen LogP contribution is -2.45. The molecule has 1 aliphatic rings. The molecule has 0 bridgehead atoms. The van der Waals surface area contributed by atoms with Gasteiger partial charge in [-0.25, -0.2) is 4.68 Å². The number of aliphatic hydroxyl groups is 1. The molecule has 7 heteroatoms. The number of hydrogen-bond acceptors (Lipinski definition) is 6.